The third-order valence-corrected chi connectivity index (χ3v) is 4.53. The lowest BCUT2D eigenvalue weighted by atomic mass is 10.1. The molecule has 1 aromatic heterocycles. The standard InChI is InChI=1S/C25H26N2O4/c1-17-6-10-20(11-7-17)24(28)27-23(15-22-5-4-14-30-22)25(29)26-19(3)16-31-21-12-8-18(2)9-13-21/h4-15,19H,16H2,1-3H3,(H,26,29)(H,27,28)/b23-15-. The summed E-state index contributed by atoms with van der Waals surface area (Å²) >= 11 is 0. The molecule has 1 atom stereocenters. The second-order valence-electron chi connectivity index (χ2n) is 7.39. The maximum Gasteiger partial charge on any atom is 0.268 e. The molecule has 1 unspecified atom stereocenters. The van der Waals surface area contributed by atoms with Gasteiger partial charge in [-0.1, -0.05) is 35.4 Å². The Morgan fingerprint density at radius 2 is 1.65 bits per heavy atom. The predicted octanol–water partition coefficient (Wildman–Crippen LogP) is 4.25. The Morgan fingerprint density at radius 3 is 2.26 bits per heavy atom. The Hall–Kier alpha value is -3.80. The van der Waals surface area contributed by atoms with Gasteiger partial charge in [0.25, 0.3) is 11.8 Å². The lowest BCUT2D eigenvalue weighted by Crippen LogP contribution is -2.41. The highest BCUT2D eigenvalue weighted by atomic mass is 16.5. The van der Waals surface area contributed by atoms with Gasteiger partial charge in [0.05, 0.1) is 12.3 Å². The third-order valence-electron chi connectivity index (χ3n) is 4.53. The summed E-state index contributed by atoms with van der Waals surface area (Å²) in [4.78, 5) is 25.5. The van der Waals surface area contributed by atoms with Crippen LogP contribution in [0.4, 0.5) is 0 Å². The Kier molecular flexibility index (Phi) is 7.27. The van der Waals surface area contributed by atoms with Crippen LogP contribution < -0.4 is 15.4 Å². The number of ether oxygens (including phenoxy) is 1. The summed E-state index contributed by atoms with van der Waals surface area (Å²) in [7, 11) is 0. The lowest BCUT2D eigenvalue weighted by molar-refractivity contribution is -0.118. The molecule has 3 rings (SSSR count). The Bertz CT molecular complexity index is 1040. The fraction of sp³-hybridized carbons (Fsp3) is 0.200. The van der Waals surface area contributed by atoms with Gasteiger partial charge in [-0.15, -0.1) is 0 Å². The summed E-state index contributed by atoms with van der Waals surface area (Å²) in [5.74, 6) is 0.372. The maximum atomic E-state index is 12.9. The molecule has 0 aliphatic rings. The molecule has 0 fully saturated rings. The van der Waals surface area contributed by atoms with Crippen molar-refractivity contribution in [3.05, 3.63) is 95.1 Å². The van der Waals surface area contributed by atoms with Crippen LogP contribution in [0.25, 0.3) is 6.08 Å². The van der Waals surface area contributed by atoms with E-state index in [-0.39, 0.29) is 24.3 Å². The maximum absolute atomic E-state index is 12.9. The molecule has 2 amide bonds. The van der Waals surface area contributed by atoms with Gasteiger partial charge in [0.2, 0.25) is 0 Å². The smallest absolute Gasteiger partial charge is 0.268 e. The van der Waals surface area contributed by atoms with Crippen LogP contribution in [-0.4, -0.2) is 24.5 Å². The van der Waals surface area contributed by atoms with E-state index in [1.165, 1.54) is 12.3 Å². The van der Waals surface area contributed by atoms with E-state index in [0.717, 1.165) is 16.9 Å². The van der Waals surface area contributed by atoms with E-state index in [0.29, 0.717) is 11.3 Å². The molecule has 0 bridgehead atoms. The van der Waals surface area contributed by atoms with Crippen LogP contribution in [0.5, 0.6) is 5.75 Å². The van der Waals surface area contributed by atoms with E-state index in [1.807, 2.05) is 57.2 Å². The first-order valence-electron chi connectivity index (χ1n) is 10.0. The number of hydrogen-bond acceptors (Lipinski definition) is 4. The van der Waals surface area contributed by atoms with Crippen LogP contribution in [0.3, 0.4) is 0 Å². The van der Waals surface area contributed by atoms with Crippen molar-refractivity contribution in [2.24, 2.45) is 0 Å². The van der Waals surface area contributed by atoms with Gasteiger partial charge in [-0.2, -0.15) is 0 Å². The first-order valence-corrected chi connectivity index (χ1v) is 10.0. The number of amides is 2. The topological polar surface area (TPSA) is 80.6 Å². The second kappa shape index (κ2) is 10.3. The summed E-state index contributed by atoms with van der Waals surface area (Å²) in [6.07, 6.45) is 3.00. The van der Waals surface area contributed by atoms with Gasteiger partial charge in [0, 0.05) is 11.6 Å². The molecule has 6 heteroatoms. The summed E-state index contributed by atoms with van der Waals surface area (Å²) in [5.41, 5.74) is 2.73. The molecule has 0 saturated heterocycles. The van der Waals surface area contributed by atoms with E-state index >= 15 is 0 Å². The van der Waals surface area contributed by atoms with Crippen LogP contribution in [-0.2, 0) is 4.79 Å². The average Bonchev–Trinajstić information content (AvgIpc) is 3.26. The summed E-state index contributed by atoms with van der Waals surface area (Å²) in [6.45, 7) is 6.06. The molecule has 160 valence electrons. The van der Waals surface area contributed by atoms with E-state index < -0.39 is 5.91 Å². The van der Waals surface area contributed by atoms with E-state index in [4.69, 9.17) is 9.15 Å². The summed E-state index contributed by atoms with van der Waals surface area (Å²) in [6, 6.07) is 17.9. The highest BCUT2D eigenvalue weighted by Crippen LogP contribution is 2.12. The Labute approximate surface area is 181 Å². The fourth-order valence-electron chi connectivity index (χ4n) is 2.77. The first kappa shape index (κ1) is 21.9. The zero-order valence-electron chi connectivity index (χ0n) is 17.8. The van der Waals surface area contributed by atoms with Crippen LogP contribution in [0.1, 0.15) is 34.2 Å². The highest BCUT2D eigenvalue weighted by molar-refractivity contribution is 6.05. The monoisotopic (exact) mass is 418 g/mol. The number of furan rings is 1. The minimum Gasteiger partial charge on any atom is -0.491 e. The third kappa shape index (κ3) is 6.60. The van der Waals surface area contributed by atoms with Crippen LogP contribution in [0.2, 0.25) is 0 Å². The zero-order valence-corrected chi connectivity index (χ0v) is 17.8. The number of carbonyl (C=O) groups is 2. The molecule has 0 spiro atoms. The van der Waals surface area contributed by atoms with Gasteiger partial charge >= 0.3 is 0 Å². The Morgan fingerprint density at radius 1 is 1.00 bits per heavy atom. The van der Waals surface area contributed by atoms with Crippen molar-refractivity contribution in [3.8, 4) is 5.75 Å². The van der Waals surface area contributed by atoms with Crippen molar-refractivity contribution >= 4 is 17.9 Å². The Balaban J connectivity index is 1.66. The van der Waals surface area contributed by atoms with E-state index in [1.54, 1.807) is 24.3 Å². The van der Waals surface area contributed by atoms with Crippen molar-refractivity contribution in [2.45, 2.75) is 26.8 Å². The molecular formula is C25H26N2O4. The molecular weight excluding hydrogens is 392 g/mol. The molecule has 2 aromatic carbocycles. The number of nitrogens with one attached hydrogen (secondary N) is 2. The summed E-state index contributed by atoms with van der Waals surface area (Å²) in [5, 5.41) is 5.54. The van der Waals surface area contributed by atoms with Crippen LogP contribution in [0.15, 0.2) is 77.0 Å². The molecule has 31 heavy (non-hydrogen) atoms. The zero-order chi connectivity index (χ0) is 22.2. The largest absolute Gasteiger partial charge is 0.491 e. The van der Waals surface area contributed by atoms with E-state index in [9.17, 15) is 9.59 Å². The molecule has 0 radical (unpaired) electrons. The molecule has 0 aliphatic heterocycles. The van der Waals surface area contributed by atoms with Gasteiger partial charge in [-0.05, 0) is 57.2 Å². The number of rotatable bonds is 8. The molecule has 1 heterocycles. The van der Waals surface area contributed by atoms with E-state index in [2.05, 4.69) is 10.6 Å². The number of benzene rings is 2. The second-order valence-corrected chi connectivity index (χ2v) is 7.39. The predicted molar refractivity (Wildman–Crippen MR) is 120 cm³/mol. The van der Waals surface area contributed by atoms with Crippen molar-refractivity contribution < 1.29 is 18.7 Å². The minimum absolute atomic E-state index is 0.0858. The number of aryl methyl sites for hydroxylation is 2. The quantitative estimate of drug-likeness (QED) is 0.536. The van der Waals surface area contributed by atoms with Crippen LogP contribution >= 0.6 is 0 Å². The van der Waals surface area contributed by atoms with Crippen molar-refractivity contribution in [3.63, 3.8) is 0 Å². The van der Waals surface area contributed by atoms with Gasteiger partial charge < -0.3 is 19.8 Å². The fourth-order valence-corrected chi connectivity index (χ4v) is 2.77. The molecule has 2 N–H and O–H groups in total. The average molecular weight is 418 g/mol. The molecule has 6 nitrogen and oxygen atoms in total. The highest BCUT2D eigenvalue weighted by Gasteiger charge is 2.17. The molecule has 3 aromatic rings. The number of hydrogen-bond donors (Lipinski definition) is 2. The van der Waals surface area contributed by atoms with Gasteiger partial charge in [-0.3, -0.25) is 9.59 Å². The van der Waals surface area contributed by atoms with Gasteiger partial charge in [-0.25, -0.2) is 0 Å². The van der Waals surface area contributed by atoms with Gasteiger partial charge in [0.15, 0.2) is 0 Å². The first-order chi connectivity index (χ1) is 14.9. The lowest BCUT2D eigenvalue weighted by Gasteiger charge is -2.17. The molecule has 0 saturated carbocycles. The van der Waals surface area contributed by atoms with Crippen LogP contribution in [0, 0.1) is 13.8 Å². The van der Waals surface area contributed by atoms with Gasteiger partial charge in [0.1, 0.15) is 23.8 Å². The minimum atomic E-state index is -0.433. The normalized spacial score (nSPS) is 12.2. The van der Waals surface area contributed by atoms with Crippen molar-refractivity contribution in [2.75, 3.05) is 6.61 Å². The SMILES string of the molecule is Cc1ccc(OCC(C)NC(=O)/C(=C/c2ccco2)NC(=O)c2ccc(C)cc2)cc1. The molecule has 0 aliphatic carbocycles. The summed E-state index contributed by atoms with van der Waals surface area (Å²) < 4.78 is 11.0. The number of carbonyl (C=O) groups excluding carboxylic acids is 2. The van der Waals surface area contributed by atoms with Crippen molar-refractivity contribution in [1.82, 2.24) is 10.6 Å². The van der Waals surface area contributed by atoms with Crippen molar-refractivity contribution in [1.29, 1.82) is 0 Å².